The molecule has 0 N–H and O–H groups in total. The number of carbonyl (C=O) groups excluding carboxylic acids is 1. The zero-order chi connectivity index (χ0) is 16.4. The Labute approximate surface area is 143 Å². The van der Waals surface area contributed by atoms with Gasteiger partial charge in [0.15, 0.2) is 0 Å². The third kappa shape index (κ3) is 2.97. The molecule has 1 aromatic carbocycles. The smallest absolute Gasteiger partial charge is 0.225 e. The van der Waals surface area contributed by atoms with Crippen LogP contribution in [0.3, 0.4) is 0 Å². The van der Waals surface area contributed by atoms with Crippen molar-refractivity contribution in [3.8, 4) is 0 Å². The third-order valence-corrected chi connectivity index (χ3v) is 5.46. The summed E-state index contributed by atoms with van der Waals surface area (Å²) in [4.78, 5) is 21.8. The maximum atomic E-state index is 12.7. The summed E-state index contributed by atoms with van der Waals surface area (Å²) in [6.45, 7) is 3.55. The minimum Gasteiger partial charge on any atom is -0.354 e. The normalized spacial score (nSPS) is 19.7. The second kappa shape index (κ2) is 6.80. The first kappa shape index (κ1) is 15.4. The monoisotopic (exact) mass is 323 g/mol. The second-order valence-corrected chi connectivity index (χ2v) is 7.00. The summed E-state index contributed by atoms with van der Waals surface area (Å²) < 4.78 is 0. The van der Waals surface area contributed by atoms with Crippen LogP contribution >= 0.6 is 0 Å². The number of aromatic nitrogens is 1. The number of hydrogen-bond donors (Lipinski definition) is 0. The van der Waals surface area contributed by atoms with Crippen molar-refractivity contribution in [3.63, 3.8) is 0 Å². The lowest BCUT2D eigenvalue weighted by atomic mass is 10.1. The SMILES string of the molecule is O=C(C1CCCC1)N1CCCN(c2nccc3ccccc23)CC1. The van der Waals surface area contributed by atoms with Crippen molar-refractivity contribution < 1.29 is 4.79 Å². The van der Waals surface area contributed by atoms with E-state index in [-0.39, 0.29) is 5.92 Å². The summed E-state index contributed by atoms with van der Waals surface area (Å²) in [5.74, 6) is 1.73. The van der Waals surface area contributed by atoms with Gasteiger partial charge in [0.05, 0.1) is 0 Å². The first-order valence-corrected chi connectivity index (χ1v) is 9.20. The Hall–Kier alpha value is -2.10. The minimum atomic E-state index is 0.284. The van der Waals surface area contributed by atoms with Gasteiger partial charge in [0.25, 0.3) is 0 Å². The van der Waals surface area contributed by atoms with E-state index in [2.05, 4.69) is 45.1 Å². The van der Waals surface area contributed by atoms with Gasteiger partial charge in [0, 0.05) is 43.7 Å². The van der Waals surface area contributed by atoms with Gasteiger partial charge in [0.2, 0.25) is 5.91 Å². The molecule has 2 heterocycles. The lowest BCUT2D eigenvalue weighted by Gasteiger charge is -2.25. The van der Waals surface area contributed by atoms with Gasteiger partial charge in [-0.2, -0.15) is 0 Å². The van der Waals surface area contributed by atoms with Crippen LogP contribution < -0.4 is 4.90 Å². The van der Waals surface area contributed by atoms with E-state index in [4.69, 9.17) is 0 Å². The van der Waals surface area contributed by atoms with Gasteiger partial charge in [0.1, 0.15) is 5.82 Å². The number of pyridine rings is 1. The summed E-state index contributed by atoms with van der Waals surface area (Å²) in [7, 11) is 0. The lowest BCUT2D eigenvalue weighted by molar-refractivity contribution is -0.135. The van der Waals surface area contributed by atoms with E-state index in [9.17, 15) is 4.79 Å². The van der Waals surface area contributed by atoms with Crippen molar-refractivity contribution in [3.05, 3.63) is 36.5 Å². The maximum Gasteiger partial charge on any atom is 0.225 e. The van der Waals surface area contributed by atoms with E-state index in [0.717, 1.165) is 51.3 Å². The Morgan fingerprint density at radius 2 is 1.79 bits per heavy atom. The molecule has 0 atom stereocenters. The van der Waals surface area contributed by atoms with Crippen LogP contribution in [0.15, 0.2) is 36.5 Å². The van der Waals surface area contributed by atoms with Crippen molar-refractivity contribution in [2.45, 2.75) is 32.1 Å². The zero-order valence-electron chi connectivity index (χ0n) is 14.2. The van der Waals surface area contributed by atoms with Crippen LogP contribution in [-0.4, -0.2) is 42.0 Å². The fourth-order valence-electron chi connectivity index (χ4n) is 4.14. The molecule has 1 aromatic heterocycles. The number of nitrogens with zero attached hydrogens (tertiary/aromatic N) is 3. The van der Waals surface area contributed by atoms with E-state index in [1.807, 2.05) is 6.20 Å². The molecule has 2 aromatic rings. The van der Waals surface area contributed by atoms with Crippen LogP contribution in [0.1, 0.15) is 32.1 Å². The van der Waals surface area contributed by atoms with Crippen LogP contribution in [0.25, 0.3) is 10.8 Å². The average Bonchev–Trinajstić information content (AvgIpc) is 3.05. The molecule has 0 bridgehead atoms. The van der Waals surface area contributed by atoms with E-state index < -0.39 is 0 Å². The van der Waals surface area contributed by atoms with E-state index in [0.29, 0.717) is 5.91 Å². The summed E-state index contributed by atoms with van der Waals surface area (Å²) in [5.41, 5.74) is 0. The average molecular weight is 323 g/mol. The highest BCUT2D eigenvalue weighted by molar-refractivity contribution is 5.92. The van der Waals surface area contributed by atoms with Crippen molar-refractivity contribution in [1.29, 1.82) is 0 Å². The van der Waals surface area contributed by atoms with Gasteiger partial charge < -0.3 is 9.80 Å². The Kier molecular flexibility index (Phi) is 4.37. The second-order valence-electron chi connectivity index (χ2n) is 7.00. The van der Waals surface area contributed by atoms with Crippen molar-refractivity contribution in [2.24, 2.45) is 5.92 Å². The number of fused-ring (bicyclic) bond motifs is 1. The molecular weight excluding hydrogens is 298 g/mol. The largest absolute Gasteiger partial charge is 0.354 e. The van der Waals surface area contributed by atoms with Crippen LogP contribution in [-0.2, 0) is 4.79 Å². The molecule has 4 rings (SSSR count). The Bertz CT molecular complexity index is 718. The quantitative estimate of drug-likeness (QED) is 0.849. The molecule has 1 aliphatic heterocycles. The van der Waals surface area contributed by atoms with Crippen LogP contribution in [0.5, 0.6) is 0 Å². The van der Waals surface area contributed by atoms with Gasteiger partial charge in [-0.1, -0.05) is 37.1 Å². The predicted octanol–water partition coefficient (Wildman–Crippen LogP) is 3.46. The number of benzene rings is 1. The van der Waals surface area contributed by atoms with E-state index in [1.165, 1.54) is 23.6 Å². The first-order valence-electron chi connectivity index (χ1n) is 9.20. The van der Waals surface area contributed by atoms with Gasteiger partial charge in [-0.15, -0.1) is 0 Å². The van der Waals surface area contributed by atoms with Crippen LogP contribution in [0.4, 0.5) is 5.82 Å². The molecule has 126 valence electrons. The molecule has 4 heteroatoms. The van der Waals surface area contributed by atoms with Crippen molar-refractivity contribution >= 4 is 22.5 Å². The molecule has 1 amide bonds. The van der Waals surface area contributed by atoms with Crippen LogP contribution in [0.2, 0.25) is 0 Å². The summed E-state index contributed by atoms with van der Waals surface area (Å²) >= 11 is 0. The summed E-state index contributed by atoms with van der Waals surface area (Å²) in [6, 6.07) is 10.5. The summed E-state index contributed by atoms with van der Waals surface area (Å²) in [5, 5.41) is 2.43. The molecular formula is C20H25N3O. The zero-order valence-corrected chi connectivity index (χ0v) is 14.2. The fourth-order valence-corrected chi connectivity index (χ4v) is 4.14. The maximum absolute atomic E-state index is 12.7. The molecule has 24 heavy (non-hydrogen) atoms. The summed E-state index contributed by atoms with van der Waals surface area (Å²) in [6.07, 6.45) is 7.52. The van der Waals surface area contributed by atoms with Gasteiger partial charge in [-0.3, -0.25) is 4.79 Å². The standard InChI is InChI=1S/C20H25N3O/c24-20(17-7-1-2-8-17)23-13-5-12-22(14-15-23)19-18-9-4-3-6-16(18)10-11-21-19/h3-4,6,9-11,17H,1-2,5,7-8,12-15H2. The van der Waals surface area contributed by atoms with Crippen molar-refractivity contribution in [1.82, 2.24) is 9.88 Å². The molecule has 0 spiro atoms. The van der Waals surface area contributed by atoms with Gasteiger partial charge in [-0.05, 0) is 30.7 Å². The number of hydrogen-bond acceptors (Lipinski definition) is 3. The van der Waals surface area contributed by atoms with Gasteiger partial charge in [-0.25, -0.2) is 4.98 Å². The third-order valence-electron chi connectivity index (χ3n) is 5.46. The lowest BCUT2D eigenvalue weighted by Crippen LogP contribution is -2.38. The highest BCUT2D eigenvalue weighted by Gasteiger charge is 2.28. The Morgan fingerprint density at radius 1 is 0.958 bits per heavy atom. The first-order chi connectivity index (χ1) is 11.8. The Morgan fingerprint density at radius 3 is 2.67 bits per heavy atom. The predicted molar refractivity (Wildman–Crippen MR) is 97.1 cm³/mol. The molecule has 0 radical (unpaired) electrons. The number of amides is 1. The van der Waals surface area contributed by atoms with Crippen LogP contribution in [0, 0.1) is 5.92 Å². The molecule has 1 aliphatic carbocycles. The van der Waals surface area contributed by atoms with E-state index >= 15 is 0 Å². The highest BCUT2D eigenvalue weighted by Crippen LogP contribution is 2.28. The molecule has 4 nitrogen and oxygen atoms in total. The molecule has 2 aliphatic rings. The topological polar surface area (TPSA) is 36.4 Å². The Balaban J connectivity index is 1.51. The molecule has 1 saturated heterocycles. The number of rotatable bonds is 2. The molecule has 2 fully saturated rings. The highest BCUT2D eigenvalue weighted by atomic mass is 16.2. The van der Waals surface area contributed by atoms with Crippen molar-refractivity contribution in [2.75, 3.05) is 31.1 Å². The fraction of sp³-hybridized carbons (Fsp3) is 0.500. The van der Waals surface area contributed by atoms with E-state index in [1.54, 1.807) is 0 Å². The van der Waals surface area contributed by atoms with Gasteiger partial charge >= 0.3 is 0 Å². The number of anilines is 1. The number of carbonyl (C=O) groups is 1. The molecule has 1 saturated carbocycles. The minimum absolute atomic E-state index is 0.284. The molecule has 0 unspecified atom stereocenters.